The van der Waals surface area contributed by atoms with Crippen LogP contribution in [0.4, 0.5) is 5.82 Å². The van der Waals surface area contributed by atoms with E-state index < -0.39 is 0 Å². The van der Waals surface area contributed by atoms with Crippen LogP contribution in [0.1, 0.15) is 38.1 Å². The van der Waals surface area contributed by atoms with E-state index in [1.54, 1.807) is 15.7 Å². The van der Waals surface area contributed by atoms with E-state index in [2.05, 4.69) is 25.3 Å². The van der Waals surface area contributed by atoms with Crippen LogP contribution in [0, 0.1) is 6.92 Å². The number of nitrogen functional groups attached to an aromatic ring is 1. The zero-order valence-corrected chi connectivity index (χ0v) is 24.6. The van der Waals surface area contributed by atoms with Gasteiger partial charge in [0.2, 0.25) is 0 Å². The minimum Gasteiger partial charge on any atom is -0.490 e. The summed E-state index contributed by atoms with van der Waals surface area (Å²) in [6, 6.07) is 17.4. The van der Waals surface area contributed by atoms with Gasteiger partial charge in [0.25, 0.3) is 5.56 Å². The highest BCUT2D eigenvalue weighted by molar-refractivity contribution is 7.27. The predicted octanol–water partition coefficient (Wildman–Crippen LogP) is 5.62. The zero-order chi connectivity index (χ0) is 28.1. The average Bonchev–Trinajstić information content (AvgIpc) is 3.51. The van der Waals surface area contributed by atoms with Crippen molar-refractivity contribution < 1.29 is 4.74 Å². The molecule has 8 nitrogen and oxygen atoms in total. The van der Waals surface area contributed by atoms with E-state index >= 15 is 0 Å². The van der Waals surface area contributed by atoms with Crippen molar-refractivity contribution in [2.24, 2.45) is 0 Å². The molecule has 2 aromatic carbocycles. The first-order valence-corrected chi connectivity index (χ1v) is 14.4. The van der Waals surface area contributed by atoms with E-state index in [9.17, 15) is 4.79 Å². The lowest BCUT2D eigenvalue weighted by Gasteiger charge is -2.18. The Balaban J connectivity index is 1.58. The number of pyridine rings is 1. The maximum Gasteiger partial charge on any atom is 0.264 e. The van der Waals surface area contributed by atoms with Gasteiger partial charge in [-0.25, -0.2) is 14.6 Å². The van der Waals surface area contributed by atoms with Crippen LogP contribution < -0.4 is 21.3 Å². The summed E-state index contributed by atoms with van der Waals surface area (Å²) in [6.07, 6.45) is 1.51. The molecule has 0 amide bonds. The van der Waals surface area contributed by atoms with E-state index in [0.717, 1.165) is 38.3 Å². The number of aromatic nitrogens is 5. The van der Waals surface area contributed by atoms with Crippen molar-refractivity contribution in [3.63, 3.8) is 0 Å². The predicted molar refractivity (Wildman–Crippen MR) is 166 cm³/mol. The van der Waals surface area contributed by atoms with Crippen molar-refractivity contribution in [3.8, 4) is 28.1 Å². The molecule has 6 rings (SSSR count). The molecule has 0 fully saturated rings. The molecule has 4 aromatic heterocycles. The Labute approximate surface area is 237 Å². The Morgan fingerprint density at radius 3 is 2.52 bits per heavy atom. The maximum absolute atomic E-state index is 13.9. The summed E-state index contributed by atoms with van der Waals surface area (Å²) in [6.45, 7) is 7.98. The SMILES string of the molecule is Cc1csc2cc(C(C)n3nc(-c4ccc(OC(C)C)c(P)c4)c4c(N)ncnc43)c(-c3ccccc3)c(=O)n12. The van der Waals surface area contributed by atoms with Crippen LogP contribution in [0.25, 0.3) is 38.2 Å². The first-order valence-electron chi connectivity index (χ1n) is 13.0. The van der Waals surface area contributed by atoms with Gasteiger partial charge < -0.3 is 10.5 Å². The van der Waals surface area contributed by atoms with E-state index in [-0.39, 0.29) is 17.7 Å². The normalized spacial score (nSPS) is 12.4. The Kier molecular flexibility index (Phi) is 6.64. The molecule has 10 heteroatoms. The number of hydrogen-bond acceptors (Lipinski definition) is 7. The highest BCUT2D eigenvalue weighted by atomic mass is 32.1. The minimum absolute atomic E-state index is 0.0523. The molecule has 40 heavy (non-hydrogen) atoms. The number of anilines is 1. The molecule has 0 aliphatic carbocycles. The van der Waals surface area contributed by atoms with Crippen LogP contribution in [-0.2, 0) is 0 Å². The quantitative estimate of drug-likeness (QED) is 0.262. The molecular weight excluding hydrogens is 539 g/mol. The van der Waals surface area contributed by atoms with Crippen LogP contribution in [0.3, 0.4) is 0 Å². The summed E-state index contributed by atoms with van der Waals surface area (Å²) >= 11 is 1.55. The van der Waals surface area contributed by atoms with Gasteiger partial charge in [-0.05, 0) is 63.1 Å². The van der Waals surface area contributed by atoms with Crippen molar-refractivity contribution in [1.82, 2.24) is 24.1 Å². The van der Waals surface area contributed by atoms with Crippen molar-refractivity contribution in [3.05, 3.63) is 87.9 Å². The molecule has 0 aliphatic rings. The third-order valence-electron chi connectivity index (χ3n) is 6.95. The molecule has 0 saturated heterocycles. The monoisotopic (exact) mass is 568 g/mol. The number of aryl methyl sites for hydroxylation is 1. The number of nitrogens with two attached hydrogens (primary N) is 1. The third-order valence-corrected chi connectivity index (χ3v) is 8.40. The summed E-state index contributed by atoms with van der Waals surface area (Å²) in [5.41, 5.74) is 11.8. The molecule has 2 unspecified atom stereocenters. The fourth-order valence-corrected chi connectivity index (χ4v) is 6.37. The molecule has 0 aliphatic heterocycles. The van der Waals surface area contributed by atoms with E-state index in [4.69, 9.17) is 15.6 Å². The Bertz CT molecular complexity index is 1940. The fourth-order valence-electron chi connectivity index (χ4n) is 5.10. The van der Waals surface area contributed by atoms with Crippen LogP contribution in [0.2, 0.25) is 0 Å². The molecule has 2 N–H and O–H groups in total. The van der Waals surface area contributed by atoms with Gasteiger partial charge >= 0.3 is 0 Å². The van der Waals surface area contributed by atoms with Gasteiger partial charge in [0.1, 0.15) is 28.4 Å². The number of rotatable bonds is 6. The lowest BCUT2D eigenvalue weighted by Crippen LogP contribution is -2.21. The highest BCUT2D eigenvalue weighted by Crippen LogP contribution is 2.36. The Hall–Kier alpha value is -4.07. The molecule has 0 bridgehead atoms. The van der Waals surface area contributed by atoms with Crippen LogP contribution in [0.5, 0.6) is 5.75 Å². The van der Waals surface area contributed by atoms with Crippen LogP contribution in [0.15, 0.2) is 71.1 Å². The molecule has 4 heterocycles. The number of ether oxygens (including phenoxy) is 1. The maximum atomic E-state index is 13.9. The smallest absolute Gasteiger partial charge is 0.264 e. The molecule has 2 atom stereocenters. The zero-order valence-electron chi connectivity index (χ0n) is 22.6. The molecule has 0 saturated carbocycles. The van der Waals surface area contributed by atoms with Gasteiger partial charge in [0.05, 0.1) is 23.1 Å². The van der Waals surface area contributed by atoms with Crippen molar-refractivity contribution >= 4 is 47.6 Å². The van der Waals surface area contributed by atoms with Crippen molar-refractivity contribution in [2.45, 2.75) is 39.8 Å². The summed E-state index contributed by atoms with van der Waals surface area (Å²) < 4.78 is 9.55. The summed E-state index contributed by atoms with van der Waals surface area (Å²) in [5, 5.41) is 8.64. The van der Waals surface area contributed by atoms with Crippen LogP contribution in [-0.4, -0.2) is 30.3 Å². The second-order valence-corrected chi connectivity index (χ2v) is 11.6. The average molecular weight is 569 g/mol. The molecule has 0 spiro atoms. The van der Waals surface area contributed by atoms with Gasteiger partial charge in [-0.15, -0.1) is 20.6 Å². The molecule has 202 valence electrons. The molecular formula is C30H29N6O2PS. The fraction of sp³-hybridized carbons (Fsp3) is 0.200. The standard InChI is InChI=1S/C30H29N6O2PS/c1-16(2)38-22-11-10-20(12-23(22)39)27-26-28(31)32-15-33-29(26)36(34-27)18(4)21-13-24-35(17(3)14-40-24)30(37)25(21)19-8-6-5-7-9-19/h5-16,18H,39H2,1-4H3,(H2,31,32,33). The Morgan fingerprint density at radius 1 is 1.02 bits per heavy atom. The second kappa shape index (κ2) is 10.2. The molecule has 6 aromatic rings. The highest BCUT2D eigenvalue weighted by Gasteiger charge is 2.25. The number of thiazole rings is 1. The molecule has 0 radical (unpaired) electrons. The summed E-state index contributed by atoms with van der Waals surface area (Å²) in [7, 11) is 2.74. The van der Waals surface area contributed by atoms with Crippen molar-refractivity contribution in [2.75, 3.05) is 5.73 Å². The number of nitrogens with zero attached hydrogens (tertiary/aromatic N) is 5. The lowest BCUT2D eigenvalue weighted by molar-refractivity contribution is 0.244. The lowest BCUT2D eigenvalue weighted by atomic mass is 9.97. The third kappa shape index (κ3) is 4.35. The largest absolute Gasteiger partial charge is 0.490 e. The van der Waals surface area contributed by atoms with E-state index in [0.29, 0.717) is 28.1 Å². The second-order valence-electron chi connectivity index (χ2n) is 10.0. The first-order chi connectivity index (χ1) is 19.2. The van der Waals surface area contributed by atoms with Gasteiger partial charge in [0, 0.05) is 21.9 Å². The first kappa shape index (κ1) is 26.2. The topological polar surface area (TPSA) is 100 Å². The minimum atomic E-state index is -0.333. The van der Waals surface area contributed by atoms with Crippen molar-refractivity contribution in [1.29, 1.82) is 0 Å². The van der Waals surface area contributed by atoms with E-state index in [1.807, 2.05) is 86.3 Å². The van der Waals surface area contributed by atoms with E-state index in [1.165, 1.54) is 6.33 Å². The number of fused-ring (bicyclic) bond motifs is 2. The van der Waals surface area contributed by atoms with Gasteiger partial charge in [-0.1, -0.05) is 30.3 Å². The van der Waals surface area contributed by atoms with Gasteiger partial charge in [-0.2, -0.15) is 5.10 Å². The summed E-state index contributed by atoms with van der Waals surface area (Å²) in [4.78, 5) is 23.7. The van der Waals surface area contributed by atoms with Gasteiger partial charge in [-0.3, -0.25) is 9.20 Å². The van der Waals surface area contributed by atoms with Crippen LogP contribution >= 0.6 is 20.6 Å². The number of hydrogen-bond donors (Lipinski definition) is 1. The van der Waals surface area contributed by atoms with Gasteiger partial charge in [0.15, 0.2) is 5.65 Å². The summed E-state index contributed by atoms with van der Waals surface area (Å²) in [5.74, 6) is 1.14. The Morgan fingerprint density at radius 2 is 1.80 bits per heavy atom. The number of benzene rings is 2.